The van der Waals surface area contributed by atoms with Gasteiger partial charge in [0.15, 0.2) is 0 Å². The topological polar surface area (TPSA) is 29.1 Å². The van der Waals surface area contributed by atoms with Gasteiger partial charge in [-0.1, -0.05) is 36.8 Å². The summed E-state index contributed by atoms with van der Waals surface area (Å²) in [5, 5.41) is 3.02. The Kier molecular flexibility index (Phi) is 5.06. The maximum atomic E-state index is 11.9. The van der Waals surface area contributed by atoms with Crippen molar-refractivity contribution in [2.24, 2.45) is 5.92 Å². The molecule has 0 bridgehead atoms. The van der Waals surface area contributed by atoms with Crippen LogP contribution in [0.4, 0.5) is 0 Å². The summed E-state index contributed by atoms with van der Waals surface area (Å²) in [7, 11) is 0. The minimum absolute atomic E-state index is 0.195. The number of hydrogen-bond donors (Lipinski definition) is 1. The molecule has 0 radical (unpaired) electrons. The van der Waals surface area contributed by atoms with Gasteiger partial charge in [0.25, 0.3) is 0 Å². The van der Waals surface area contributed by atoms with E-state index in [1.807, 2.05) is 18.2 Å². The Hall–Kier alpha value is -1.02. The van der Waals surface area contributed by atoms with Gasteiger partial charge in [-0.05, 0) is 30.7 Å². The minimum atomic E-state index is 0.195. The normalized spacial score (nSPS) is 21.6. The number of benzene rings is 1. The lowest BCUT2D eigenvalue weighted by molar-refractivity contribution is -0.122. The zero-order valence-electron chi connectivity index (χ0n) is 10.6. The summed E-state index contributed by atoms with van der Waals surface area (Å²) in [6.07, 6.45) is 4.16. The predicted molar refractivity (Wildman–Crippen MR) is 74.9 cm³/mol. The van der Waals surface area contributed by atoms with E-state index in [0.29, 0.717) is 11.8 Å². The molecule has 2 rings (SSSR count). The second-order valence-corrected chi connectivity index (χ2v) is 5.28. The van der Waals surface area contributed by atoms with Crippen LogP contribution < -0.4 is 5.32 Å². The molecule has 1 aromatic rings. The molecule has 0 aliphatic heterocycles. The van der Waals surface area contributed by atoms with Gasteiger partial charge in [0.05, 0.1) is 0 Å². The van der Waals surface area contributed by atoms with Crippen molar-refractivity contribution >= 4 is 17.5 Å². The highest BCUT2D eigenvalue weighted by Gasteiger charge is 2.43. The number of nitrogens with one attached hydrogen (secondary N) is 1. The lowest BCUT2D eigenvalue weighted by Crippen LogP contribution is -2.26. The molecule has 1 saturated carbocycles. The maximum absolute atomic E-state index is 11.9. The Labute approximate surface area is 114 Å². The summed E-state index contributed by atoms with van der Waals surface area (Å²) in [5.41, 5.74) is 1.29. The zero-order valence-corrected chi connectivity index (χ0v) is 11.3. The van der Waals surface area contributed by atoms with Crippen LogP contribution in [-0.4, -0.2) is 18.3 Å². The second-order valence-electron chi connectivity index (χ2n) is 4.90. The number of carbonyl (C=O) groups excluding carboxylic acids is 1. The first-order chi connectivity index (χ1) is 8.83. The fourth-order valence-electron chi connectivity index (χ4n) is 2.29. The molecule has 1 N–H and O–H groups in total. The second kappa shape index (κ2) is 6.79. The molecule has 1 aromatic carbocycles. The summed E-state index contributed by atoms with van der Waals surface area (Å²) in [5.74, 6) is 1.57. The average molecular weight is 266 g/mol. The smallest absolute Gasteiger partial charge is 0.223 e. The van der Waals surface area contributed by atoms with Crippen LogP contribution in [-0.2, 0) is 4.79 Å². The van der Waals surface area contributed by atoms with Crippen molar-refractivity contribution in [3.05, 3.63) is 35.9 Å². The molecule has 1 fully saturated rings. The largest absolute Gasteiger partial charge is 0.356 e. The van der Waals surface area contributed by atoms with Crippen molar-refractivity contribution in [3.8, 4) is 0 Å². The van der Waals surface area contributed by atoms with Gasteiger partial charge in [-0.25, -0.2) is 0 Å². The van der Waals surface area contributed by atoms with Crippen molar-refractivity contribution in [2.45, 2.75) is 31.6 Å². The SMILES string of the molecule is O=C(NCCCCCCl)C1CC1c1ccccc1. The van der Waals surface area contributed by atoms with Crippen LogP contribution in [0.15, 0.2) is 30.3 Å². The molecule has 98 valence electrons. The molecular formula is C15H20ClNO. The summed E-state index contributed by atoms with van der Waals surface area (Å²) < 4.78 is 0. The molecule has 0 heterocycles. The molecule has 1 aliphatic carbocycles. The van der Waals surface area contributed by atoms with E-state index in [9.17, 15) is 4.79 Å². The number of rotatable bonds is 7. The number of halogens is 1. The average Bonchev–Trinajstić information content (AvgIpc) is 3.20. The third kappa shape index (κ3) is 3.74. The van der Waals surface area contributed by atoms with E-state index in [0.717, 1.165) is 32.2 Å². The number of carbonyl (C=O) groups is 1. The fraction of sp³-hybridized carbons (Fsp3) is 0.533. The molecular weight excluding hydrogens is 246 g/mol. The van der Waals surface area contributed by atoms with Crippen molar-refractivity contribution < 1.29 is 4.79 Å². The van der Waals surface area contributed by atoms with Crippen LogP contribution in [0, 0.1) is 5.92 Å². The highest BCUT2D eigenvalue weighted by Crippen LogP contribution is 2.47. The standard InChI is InChI=1S/C15H20ClNO/c16-9-5-2-6-10-17-15(18)14-11-13(14)12-7-3-1-4-8-12/h1,3-4,7-8,13-14H,2,5-6,9-11H2,(H,17,18). The molecule has 18 heavy (non-hydrogen) atoms. The zero-order chi connectivity index (χ0) is 12.8. The number of alkyl halides is 1. The van der Waals surface area contributed by atoms with Gasteiger partial charge in [-0.3, -0.25) is 4.79 Å². The lowest BCUT2D eigenvalue weighted by atomic mass is 10.1. The third-order valence-electron chi connectivity index (χ3n) is 3.46. The number of hydrogen-bond acceptors (Lipinski definition) is 1. The molecule has 1 aliphatic rings. The molecule has 2 atom stereocenters. The molecule has 0 spiro atoms. The number of amides is 1. The lowest BCUT2D eigenvalue weighted by Gasteiger charge is -2.04. The quantitative estimate of drug-likeness (QED) is 0.595. The molecule has 2 nitrogen and oxygen atoms in total. The van der Waals surface area contributed by atoms with E-state index in [4.69, 9.17) is 11.6 Å². The van der Waals surface area contributed by atoms with Gasteiger partial charge in [-0.15, -0.1) is 11.6 Å². The van der Waals surface area contributed by atoms with Crippen LogP contribution in [0.25, 0.3) is 0 Å². The predicted octanol–water partition coefficient (Wildman–Crippen LogP) is 3.32. The summed E-state index contributed by atoms with van der Waals surface area (Å²) in [4.78, 5) is 11.9. The molecule has 2 unspecified atom stereocenters. The van der Waals surface area contributed by atoms with Gasteiger partial charge >= 0.3 is 0 Å². The van der Waals surface area contributed by atoms with E-state index < -0.39 is 0 Å². The fourth-order valence-corrected chi connectivity index (χ4v) is 2.48. The first-order valence-corrected chi connectivity index (χ1v) is 7.25. The van der Waals surface area contributed by atoms with Crippen LogP contribution in [0.2, 0.25) is 0 Å². The molecule has 1 amide bonds. The van der Waals surface area contributed by atoms with Gasteiger partial charge in [0.1, 0.15) is 0 Å². The Bertz CT molecular complexity index is 379. The van der Waals surface area contributed by atoms with Crippen LogP contribution in [0.5, 0.6) is 0 Å². The van der Waals surface area contributed by atoms with E-state index in [1.165, 1.54) is 5.56 Å². The third-order valence-corrected chi connectivity index (χ3v) is 3.73. The van der Waals surface area contributed by atoms with E-state index in [2.05, 4.69) is 17.4 Å². The van der Waals surface area contributed by atoms with Crippen molar-refractivity contribution in [1.29, 1.82) is 0 Å². The Morgan fingerprint density at radius 2 is 2.00 bits per heavy atom. The minimum Gasteiger partial charge on any atom is -0.356 e. The van der Waals surface area contributed by atoms with E-state index in [1.54, 1.807) is 0 Å². The highest BCUT2D eigenvalue weighted by atomic mass is 35.5. The Morgan fingerprint density at radius 3 is 2.72 bits per heavy atom. The van der Waals surface area contributed by atoms with Gasteiger partial charge in [-0.2, -0.15) is 0 Å². The van der Waals surface area contributed by atoms with Crippen LogP contribution >= 0.6 is 11.6 Å². The van der Waals surface area contributed by atoms with Gasteiger partial charge in [0.2, 0.25) is 5.91 Å². The van der Waals surface area contributed by atoms with Crippen molar-refractivity contribution in [3.63, 3.8) is 0 Å². The maximum Gasteiger partial charge on any atom is 0.223 e. The highest BCUT2D eigenvalue weighted by molar-refractivity contribution is 6.17. The molecule has 3 heteroatoms. The Balaban J connectivity index is 1.67. The summed E-state index contributed by atoms with van der Waals surface area (Å²) in [6.45, 7) is 0.785. The van der Waals surface area contributed by atoms with Crippen molar-refractivity contribution in [1.82, 2.24) is 5.32 Å². The number of unbranched alkanes of at least 4 members (excludes halogenated alkanes) is 2. The van der Waals surface area contributed by atoms with E-state index >= 15 is 0 Å². The molecule has 0 saturated heterocycles. The van der Waals surface area contributed by atoms with Crippen LogP contribution in [0.3, 0.4) is 0 Å². The monoisotopic (exact) mass is 265 g/mol. The van der Waals surface area contributed by atoms with Gasteiger partial charge < -0.3 is 5.32 Å². The van der Waals surface area contributed by atoms with Crippen LogP contribution in [0.1, 0.15) is 37.2 Å². The first kappa shape index (κ1) is 13.4. The summed E-state index contributed by atoms with van der Waals surface area (Å²) >= 11 is 5.60. The summed E-state index contributed by atoms with van der Waals surface area (Å²) in [6, 6.07) is 10.3. The van der Waals surface area contributed by atoms with E-state index in [-0.39, 0.29) is 11.8 Å². The molecule has 0 aromatic heterocycles. The van der Waals surface area contributed by atoms with Crippen molar-refractivity contribution in [2.75, 3.05) is 12.4 Å². The van der Waals surface area contributed by atoms with Gasteiger partial charge in [0, 0.05) is 18.3 Å². The Morgan fingerprint density at radius 1 is 1.22 bits per heavy atom. The first-order valence-electron chi connectivity index (χ1n) is 6.71.